The second kappa shape index (κ2) is 4.09. The Morgan fingerprint density at radius 1 is 1.53 bits per heavy atom. The lowest BCUT2D eigenvalue weighted by molar-refractivity contribution is 0.0916. The van der Waals surface area contributed by atoms with E-state index in [1.165, 1.54) is 12.6 Å². The van der Waals surface area contributed by atoms with Gasteiger partial charge in [0.05, 0.1) is 5.56 Å². The Morgan fingerprint density at radius 2 is 2.33 bits per heavy atom. The minimum atomic E-state index is -0.100. The smallest absolute Gasteiger partial charge is 0.253 e. The molecule has 0 atom stereocenters. The van der Waals surface area contributed by atoms with Gasteiger partial charge in [0.1, 0.15) is 11.8 Å². The molecule has 1 aromatic heterocycles. The Labute approximate surface area is 87.9 Å². The van der Waals surface area contributed by atoms with Crippen LogP contribution in [0.3, 0.4) is 0 Å². The second-order valence-corrected chi connectivity index (χ2v) is 3.65. The summed E-state index contributed by atoms with van der Waals surface area (Å²) in [6.07, 6.45) is 4.76. The average Bonchev–Trinajstić information content (AvgIpc) is 2.23. The van der Waals surface area contributed by atoms with E-state index in [9.17, 15) is 4.79 Å². The van der Waals surface area contributed by atoms with E-state index in [1.807, 2.05) is 6.07 Å². The summed E-state index contributed by atoms with van der Waals surface area (Å²) in [5.41, 5.74) is 0.844. The largest absolute Gasteiger partial charge is 0.349 e. The number of nitrogens with zero attached hydrogens (tertiary/aromatic N) is 2. The molecule has 1 fully saturated rings. The van der Waals surface area contributed by atoms with Crippen LogP contribution in [0.1, 0.15) is 35.3 Å². The first-order chi connectivity index (χ1) is 7.29. The topological polar surface area (TPSA) is 65.8 Å². The van der Waals surface area contributed by atoms with Crippen molar-refractivity contribution in [3.63, 3.8) is 0 Å². The number of carbonyl (C=O) groups excluding carboxylic acids is 1. The number of rotatable bonds is 2. The number of amides is 1. The van der Waals surface area contributed by atoms with Crippen molar-refractivity contribution in [1.82, 2.24) is 10.3 Å². The molecule has 1 aromatic rings. The van der Waals surface area contributed by atoms with Gasteiger partial charge in [-0.2, -0.15) is 5.26 Å². The third-order valence-electron chi connectivity index (χ3n) is 2.58. The summed E-state index contributed by atoms with van der Waals surface area (Å²) in [4.78, 5) is 15.5. The van der Waals surface area contributed by atoms with E-state index in [2.05, 4.69) is 10.3 Å². The van der Waals surface area contributed by atoms with E-state index >= 15 is 0 Å². The molecule has 15 heavy (non-hydrogen) atoms. The van der Waals surface area contributed by atoms with Crippen LogP contribution in [-0.4, -0.2) is 16.9 Å². The van der Waals surface area contributed by atoms with Crippen LogP contribution >= 0.6 is 0 Å². The molecule has 0 radical (unpaired) electrons. The first-order valence-corrected chi connectivity index (χ1v) is 4.96. The van der Waals surface area contributed by atoms with Crippen molar-refractivity contribution in [3.8, 4) is 6.07 Å². The van der Waals surface area contributed by atoms with Crippen molar-refractivity contribution < 1.29 is 4.79 Å². The molecule has 76 valence electrons. The van der Waals surface area contributed by atoms with Crippen molar-refractivity contribution in [2.24, 2.45) is 0 Å². The van der Waals surface area contributed by atoms with E-state index in [0.29, 0.717) is 17.3 Å². The van der Waals surface area contributed by atoms with Gasteiger partial charge in [0.15, 0.2) is 0 Å². The molecule has 1 heterocycles. The van der Waals surface area contributed by atoms with Crippen molar-refractivity contribution in [2.45, 2.75) is 25.3 Å². The minimum Gasteiger partial charge on any atom is -0.349 e. The summed E-state index contributed by atoms with van der Waals surface area (Å²) in [6, 6.07) is 5.42. The Bertz CT molecular complexity index is 401. The zero-order valence-electron chi connectivity index (χ0n) is 8.23. The van der Waals surface area contributed by atoms with E-state index in [-0.39, 0.29) is 5.91 Å². The summed E-state index contributed by atoms with van der Waals surface area (Å²) in [7, 11) is 0. The molecule has 4 nitrogen and oxygen atoms in total. The maximum atomic E-state index is 11.6. The Balaban J connectivity index is 2.02. The molecule has 1 aliphatic rings. The van der Waals surface area contributed by atoms with Gasteiger partial charge in [-0.25, -0.2) is 4.98 Å². The fourth-order valence-electron chi connectivity index (χ4n) is 1.42. The van der Waals surface area contributed by atoms with Crippen molar-refractivity contribution in [3.05, 3.63) is 29.6 Å². The summed E-state index contributed by atoms with van der Waals surface area (Å²) in [5.74, 6) is -0.100. The van der Waals surface area contributed by atoms with Gasteiger partial charge in [0.25, 0.3) is 5.91 Å². The fourth-order valence-corrected chi connectivity index (χ4v) is 1.42. The zero-order valence-corrected chi connectivity index (χ0v) is 8.23. The summed E-state index contributed by atoms with van der Waals surface area (Å²) in [5, 5.41) is 11.5. The Morgan fingerprint density at radius 3 is 2.80 bits per heavy atom. The molecule has 1 aliphatic carbocycles. The maximum Gasteiger partial charge on any atom is 0.253 e. The predicted octanol–water partition coefficient (Wildman–Crippen LogP) is 1.24. The van der Waals surface area contributed by atoms with Gasteiger partial charge in [-0.3, -0.25) is 4.79 Å². The first-order valence-electron chi connectivity index (χ1n) is 4.96. The predicted molar refractivity (Wildman–Crippen MR) is 54.1 cm³/mol. The van der Waals surface area contributed by atoms with Crippen LogP contribution in [0.4, 0.5) is 0 Å². The van der Waals surface area contributed by atoms with Crippen LogP contribution in [0.5, 0.6) is 0 Å². The van der Waals surface area contributed by atoms with Gasteiger partial charge in [0.2, 0.25) is 0 Å². The number of nitriles is 1. The minimum absolute atomic E-state index is 0.100. The van der Waals surface area contributed by atoms with Gasteiger partial charge in [0, 0.05) is 12.2 Å². The average molecular weight is 201 g/mol. The molecule has 1 saturated carbocycles. The van der Waals surface area contributed by atoms with Crippen LogP contribution in [0.2, 0.25) is 0 Å². The van der Waals surface area contributed by atoms with Gasteiger partial charge in [-0.15, -0.1) is 0 Å². The standard InChI is InChI=1S/C11H11N3O/c12-6-10-5-4-8(7-13-10)11(15)14-9-2-1-3-9/h4-5,7,9H,1-3H2,(H,14,15). The summed E-state index contributed by atoms with van der Waals surface area (Å²) < 4.78 is 0. The number of nitrogens with one attached hydrogen (secondary N) is 1. The van der Waals surface area contributed by atoms with Crippen LogP contribution in [0, 0.1) is 11.3 Å². The van der Waals surface area contributed by atoms with Crippen molar-refractivity contribution >= 4 is 5.91 Å². The van der Waals surface area contributed by atoms with E-state index in [1.54, 1.807) is 12.1 Å². The molecule has 4 heteroatoms. The highest BCUT2D eigenvalue weighted by molar-refractivity contribution is 5.94. The number of carbonyl (C=O) groups is 1. The summed E-state index contributed by atoms with van der Waals surface area (Å²) >= 11 is 0. The van der Waals surface area contributed by atoms with E-state index < -0.39 is 0 Å². The molecule has 0 bridgehead atoms. The lowest BCUT2D eigenvalue weighted by Gasteiger charge is -2.26. The number of aromatic nitrogens is 1. The molecule has 0 unspecified atom stereocenters. The molecule has 0 aliphatic heterocycles. The quantitative estimate of drug-likeness (QED) is 0.782. The highest BCUT2D eigenvalue weighted by Crippen LogP contribution is 2.18. The zero-order chi connectivity index (χ0) is 10.7. The van der Waals surface area contributed by atoms with Gasteiger partial charge in [-0.05, 0) is 31.4 Å². The SMILES string of the molecule is N#Cc1ccc(C(=O)NC2CCC2)cn1. The maximum absolute atomic E-state index is 11.6. The van der Waals surface area contributed by atoms with Crippen LogP contribution in [0.15, 0.2) is 18.3 Å². The highest BCUT2D eigenvalue weighted by atomic mass is 16.1. The highest BCUT2D eigenvalue weighted by Gasteiger charge is 2.19. The lowest BCUT2D eigenvalue weighted by atomic mass is 9.93. The van der Waals surface area contributed by atoms with Crippen LogP contribution < -0.4 is 5.32 Å². The Hall–Kier alpha value is -1.89. The monoisotopic (exact) mass is 201 g/mol. The molecule has 1 amide bonds. The van der Waals surface area contributed by atoms with Gasteiger partial charge in [-0.1, -0.05) is 0 Å². The number of hydrogen-bond acceptors (Lipinski definition) is 3. The molecular formula is C11H11N3O. The normalized spacial score (nSPS) is 15.1. The molecule has 0 saturated heterocycles. The van der Waals surface area contributed by atoms with Crippen LogP contribution in [-0.2, 0) is 0 Å². The van der Waals surface area contributed by atoms with Gasteiger partial charge < -0.3 is 5.32 Å². The lowest BCUT2D eigenvalue weighted by Crippen LogP contribution is -2.39. The fraction of sp³-hybridized carbons (Fsp3) is 0.364. The second-order valence-electron chi connectivity index (χ2n) is 3.65. The molecular weight excluding hydrogens is 190 g/mol. The number of hydrogen-bond donors (Lipinski definition) is 1. The third-order valence-corrected chi connectivity index (χ3v) is 2.58. The van der Waals surface area contributed by atoms with Crippen molar-refractivity contribution in [2.75, 3.05) is 0 Å². The Kier molecular flexibility index (Phi) is 2.64. The molecule has 2 rings (SSSR count). The van der Waals surface area contributed by atoms with E-state index in [4.69, 9.17) is 5.26 Å². The van der Waals surface area contributed by atoms with Gasteiger partial charge >= 0.3 is 0 Å². The molecule has 0 spiro atoms. The van der Waals surface area contributed by atoms with Crippen LogP contribution in [0.25, 0.3) is 0 Å². The van der Waals surface area contributed by atoms with E-state index in [0.717, 1.165) is 12.8 Å². The number of pyridine rings is 1. The molecule has 1 N–H and O–H groups in total. The first kappa shape index (κ1) is 9.66. The summed E-state index contributed by atoms with van der Waals surface area (Å²) in [6.45, 7) is 0. The molecule has 0 aromatic carbocycles. The van der Waals surface area contributed by atoms with Crippen molar-refractivity contribution in [1.29, 1.82) is 5.26 Å². The third kappa shape index (κ3) is 2.13.